The second kappa shape index (κ2) is 6.86. The van der Waals surface area contributed by atoms with E-state index in [0.717, 1.165) is 6.07 Å². The molecule has 0 saturated heterocycles. The van der Waals surface area contributed by atoms with E-state index in [2.05, 4.69) is 5.32 Å². The summed E-state index contributed by atoms with van der Waals surface area (Å²) in [4.78, 5) is 47.9. The third-order valence-electron chi connectivity index (χ3n) is 3.85. The lowest BCUT2D eigenvalue weighted by molar-refractivity contribution is -0.385. The minimum atomic E-state index is -0.907. The molecular formula is C17H9ClN4O5. The number of benzene rings is 2. The van der Waals surface area contributed by atoms with E-state index in [-0.39, 0.29) is 27.4 Å². The molecule has 10 heteroatoms. The molecule has 0 radical (unpaired) electrons. The number of fused-ring (bicyclic) bond motifs is 1. The number of imide groups is 1. The van der Waals surface area contributed by atoms with E-state index < -0.39 is 34.9 Å². The first-order valence-electron chi connectivity index (χ1n) is 7.46. The van der Waals surface area contributed by atoms with Crippen LogP contribution in [0.2, 0.25) is 5.02 Å². The first-order valence-corrected chi connectivity index (χ1v) is 7.84. The second-order valence-corrected chi connectivity index (χ2v) is 5.92. The summed E-state index contributed by atoms with van der Waals surface area (Å²) in [6.45, 7) is -0.624. The van der Waals surface area contributed by atoms with Gasteiger partial charge < -0.3 is 5.32 Å². The van der Waals surface area contributed by atoms with Crippen LogP contribution in [0.15, 0.2) is 36.4 Å². The molecule has 0 aromatic heterocycles. The van der Waals surface area contributed by atoms with Crippen molar-refractivity contribution in [3.05, 3.63) is 68.2 Å². The molecule has 0 saturated carbocycles. The number of nitriles is 1. The molecule has 3 rings (SSSR count). The number of nitro benzene ring substituents is 1. The van der Waals surface area contributed by atoms with Gasteiger partial charge in [-0.1, -0.05) is 17.7 Å². The summed E-state index contributed by atoms with van der Waals surface area (Å²) in [6, 6.07) is 9.78. The van der Waals surface area contributed by atoms with Gasteiger partial charge in [-0.3, -0.25) is 29.4 Å². The van der Waals surface area contributed by atoms with Gasteiger partial charge in [0.15, 0.2) is 0 Å². The molecule has 1 heterocycles. The number of hydrogen-bond donors (Lipinski definition) is 1. The van der Waals surface area contributed by atoms with E-state index in [4.69, 9.17) is 16.9 Å². The number of amides is 3. The topological polar surface area (TPSA) is 133 Å². The largest absolute Gasteiger partial charge is 0.324 e. The van der Waals surface area contributed by atoms with E-state index in [0.29, 0.717) is 4.90 Å². The second-order valence-electron chi connectivity index (χ2n) is 5.51. The lowest BCUT2D eigenvalue weighted by atomic mass is 10.1. The minimum Gasteiger partial charge on any atom is -0.324 e. The molecule has 1 N–H and O–H groups in total. The summed E-state index contributed by atoms with van der Waals surface area (Å²) in [7, 11) is 0. The Morgan fingerprint density at radius 2 is 2.00 bits per heavy atom. The third kappa shape index (κ3) is 3.21. The molecular weight excluding hydrogens is 376 g/mol. The summed E-state index contributed by atoms with van der Waals surface area (Å²) >= 11 is 5.88. The molecule has 9 nitrogen and oxygen atoms in total. The number of carbonyl (C=O) groups excluding carboxylic acids is 3. The molecule has 0 fully saturated rings. The Morgan fingerprint density at radius 3 is 2.63 bits per heavy atom. The average Bonchev–Trinajstić information content (AvgIpc) is 2.87. The fourth-order valence-corrected chi connectivity index (χ4v) is 2.86. The van der Waals surface area contributed by atoms with Crippen molar-refractivity contribution in [2.75, 3.05) is 11.9 Å². The van der Waals surface area contributed by atoms with Gasteiger partial charge in [0.1, 0.15) is 18.2 Å². The number of hydrogen-bond acceptors (Lipinski definition) is 6. The van der Waals surface area contributed by atoms with Crippen LogP contribution in [0.25, 0.3) is 0 Å². The van der Waals surface area contributed by atoms with Crippen LogP contribution in [0.4, 0.5) is 11.4 Å². The zero-order valence-corrected chi connectivity index (χ0v) is 14.2. The molecule has 3 amide bonds. The highest BCUT2D eigenvalue weighted by Gasteiger charge is 2.41. The molecule has 1 aliphatic rings. The predicted octanol–water partition coefficient (Wildman–Crippen LogP) is 2.35. The van der Waals surface area contributed by atoms with Crippen molar-refractivity contribution < 1.29 is 19.3 Å². The zero-order valence-electron chi connectivity index (χ0n) is 13.4. The summed E-state index contributed by atoms with van der Waals surface area (Å²) in [5.74, 6) is -2.39. The van der Waals surface area contributed by atoms with Crippen molar-refractivity contribution in [3.8, 4) is 6.07 Å². The van der Waals surface area contributed by atoms with Crippen molar-refractivity contribution >= 4 is 40.7 Å². The van der Waals surface area contributed by atoms with Gasteiger partial charge in [-0.15, -0.1) is 0 Å². The molecule has 0 spiro atoms. The van der Waals surface area contributed by atoms with Crippen LogP contribution in [0.1, 0.15) is 26.3 Å². The van der Waals surface area contributed by atoms with Crippen LogP contribution in [0.5, 0.6) is 0 Å². The SMILES string of the molecule is N#Cc1ccc(NC(=O)CN2C(=O)c3cccc([N+](=O)[O-])c3C2=O)cc1Cl. The van der Waals surface area contributed by atoms with Gasteiger partial charge in [0, 0.05) is 11.8 Å². The highest BCUT2D eigenvalue weighted by Crippen LogP contribution is 2.30. The summed E-state index contributed by atoms with van der Waals surface area (Å²) in [5, 5.41) is 22.5. The van der Waals surface area contributed by atoms with E-state index in [1.807, 2.05) is 6.07 Å². The van der Waals surface area contributed by atoms with E-state index in [1.54, 1.807) is 0 Å². The predicted molar refractivity (Wildman–Crippen MR) is 93.3 cm³/mol. The van der Waals surface area contributed by atoms with E-state index in [1.165, 1.54) is 30.3 Å². The Morgan fingerprint density at radius 1 is 1.26 bits per heavy atom. The molecule has 0 bridgehead atoms. The number of anilines is 1. The number of nitrogens with one attached hydrogen (secondary N) is 1. The van der Waals surface area contributed by atoms with E-state index in [9.17, 15) is 24.5 Å². The van der Waals surface area contributed by atoms with Gasteiger partial charge in [-0.2, -0.15) is 5.26 Å². The Bertz CT molecular complexity index is 1060. The van der Waals surface area contributed by atoms with Gasteiger partial charge in [0.25, 0.3) is 17.5 Å². The summed E-state index contributed by atoms with van der Waals surface area (Å²) < 4.78 is 0. The van der Waals surface area contributed by atoms with Crippen molar-refractivity contribution in [1.29, 1.82) is 5.26 Å². The van der Waals surface area contributed by atoms with Crippen LogP contribution in [-0.4, -0.2) is 34.1 Å². The maximum absolute atomic E-state index is 12.4. The van der Waals surface area contributed by atoms with Gasteiger partial charge in [0.05, 0.1) is 21.1 Å². The van der Waals surface area contributed by atoms with Crippen LogP contribution in [-0.2, 0) is 4.79 Å². The van der Waals surface area contributed by atoms with Crippen molar-refractivity contribution in [3.63, 3.8) is 0 Å². The van der Waals surface area contributed by atoms with Crippen LogP contribution in [0.3, 0.4) is 0 Å². The third-order valence-corrected chi connectivity index (χ3v) is 4.16. The van der Waals surface area contributed by atoms with Crippen LogP contribution in [0, 0.1) is 21.4 Å². The average molecular weight is 385 g/mol. The van der Waals surface area contributed by atoms with Crippen LogP contribution >= 0.6 is 11.6 Å². The Kier molecular flexibility index (Phi) is 4.58. The normalized spacial score (nSPS) is 12.5. The fraction of sp³-hybridized carbons (Fsp3) is 0.0588. The van der Waals surface area contributed by atoms with E-state index >= 15 is 0 Å². The quantitative estimate of drug-likeness (QED) is 0.488. The molecule has 0 atom stereocenters. The van der Waals surface area contributed by atoms with Crippen molar-refractivity contribution in [2.45, 2.75) is 0 Å². The lowest BCUT2D eigenvalue weighted by Crippen LogP contribution is -2.37. The fourth-order valence-electron chi connectivity index (χ4n) is 2.64. The molecule has 2 aromatic rings. The van der Waals surface area contributed by atoms with Crippen LogP contribution < -0.4 is 5.32 Å². The highest BCUT2D eigenvalue weighted by atomic mass is 35.5. The van der Waals surface area contributed by atoms with Gasteiger partial charge in [-0.25, -0.2) is 0 Å². The number of nitro groups is 1. The standard InChI is InChI=1S/C17H9ClN4O5/c18-12-6-10(5-4-9(12)7-19)20-14(23)8-21-16(24)11-2-1-3-13(22(26)27)15(11)17(21)25/h1-6H,8H2,(H,20,23). The smallest absolute Gasteiger partial charge is 0.282 e. The van der Waals surface area contributed by atoms with Crippen molar-refractivity contribution in [1.82, 2.24) is 4.90 Å². The molecule has 0 unspecified atom stereocenters. The zero-order chi connectivity index (χ0) is 19.7. The Labute approximate surface area is 156 Å². The summed E-state index contributed by atoms with van der Waals surface area (Å²) in [5.41, 5.74) is -0.452. The van der Waals surface area contributed by atoms with Gasteiger partial charge in [-0.05, 0) is 24.3 Å². The van der Waals surface area contributed by atoms with Gasteiger partial charge >= 0.3 is 0 Å². The first-order chi connectivity index (χ1) is 12.8. The maximum Gasteiger partial charge on any atom is 0.282 e. The number of rotatable bonds is 4. The number of nitrogens with zero attached hydrogens (tertiary/aromatic N) is 3. The minimum absolute atomic E-state index is 0.122. The molecule has 0 aliphatic carbocycles. The Hall–Kier alpha value is -3.77. The molecule has 2 aromatic carbocycles. The number of halogens is 1. The highest BCUT2D eigenvalue weighted by molar-refractivity contribution is 6.32. The van der Waals surface area contributed by atoms with Gasteiger partial charge in [0.2, 0.25) is 5.91 Å². The monoisotopic (exact) mass is 384 g/mol. The number of carbonyl (C=O) groups is 3. The molecule has 1 aliphatic heterocycles. The maximum atomic E-state index is 12.4. The molecule has 27 heavy (non-hydrogen) atoms. The Balaban J connectivity index is 1.79. The lowest BCUT2D eigenvalue weighted by Gasteiger charge is -2.13. The first kappa shape index (κ1) is 18.0. The molecule has 134 valence electrons. The summed E-state index contributed by atoms with van der Waals surface area (Å²) in [6.07, 6.45) is 0. The van der Waals surface area contributed by atoms with Crippen molar-refractivity contribution in [2.24, 2.45) is 0 Å².